The quantitative estimate of drug-likeness (QED) is 0.530. The number of thioether (sulfide) groups is 1. The first-order valence-corrected chi connectivity index (χ1v) is 11.8. The van der Waals surface area contributed by atoms with Crippen LogP contribution in [0.4, 0.5) is 5.13 Å². The van der Waals surface area contributed by atoms with Gasteiger partial charge < -0.3 is 14.5 Å². The lowest BCUT2D eigenvalue weighted by Crippen LogP contribution is -2.48. The number of amides is 1. The Morgan fingerprint density at radius 1 is 1.10 bits per heavy atom. The number of carbonyl (C=O) groups excluding carboxylic acids is 1. The molecule has 3 aromatic rings. The lowest BCUT2D eigenvalue weighted by atomic mass is 10.2. The third kappa shape index (κ3) is 4.36. The maximum absolute atomic E-state index is 12.8. The van der Waals surface area contributed by atoms with Crippen LogP contribution in [0.25, 0.3) is 10.2 Å². The summed E-state index contributed by atoms with van der Waals surface area (Å²) in [4.78, 5) is 23.1. The van der Waals surface area contributed by atoms with Gasteiger partial charge >= 0.3 is 0 Å². The molecule has 29 heavy (non-hydrogen) atoms. The Morgan fingerprint density at radius 3 is 2.55 bits per heavy atom. The number of piperazine rings is 1. The molecule has 4 rings (SSSR count). The molecule has 1 aliphatic heterocycles. The fourth-order valence-electron chi connectivity index (χ4n) is 3.46. The minimum absolute atomic E-state index is 0.112. The van der Waals surface area contributed by atoms with E-state index in [0.29, 0.717) is 19.7 Å². The van der Waals surface area contributed by atoms with Gasteiger partial charge in [0.1, 0.15) is 11.3 Å². The highest BCUT2D eigenvalue weighted by atomic mass is 32.2. The summed E-state index contributed by atoms with van der Waals surface area (Å²) in [5.41, 5.74) is 1.69. The van der Waals surface area contributed by atoms with E-state index in [2.05, 4.69) is 17.9 Å². The van der Waals surface area contributed by atoms with Crippen LogP contribution in [0.3, 0.4) is 0 Å². The molecule has 2 aromatic carbocycles. The van der Waals surface area contributed by atoms with E-state index in [1.807, 2.05) is 48.2 Å². The van der Waals surface area contributed by atoms with Gasteiger partial charge in [0.05, 0.1) is 11.3 Å². The zero-order valence-electron chi connectivity index (χ0n) is 16.8. The van der Waals surface area contributed by atoms with Crippen LogP contribution < -0.4 is 9.64 Å². The topological polar surface area (TPSA) is 45.7 Å². The van der Waals surface area contributed by atoms with E-state index in [4.69, 9.17) is 9.72 Å². The number of fused-ring (bicyclic) bond motifs is 1. The van der Waals surface area contributed by atoms with Crippen molar-refractivity contribution in [1.82, 2.24) is 9.88 Å². The molecule has 1 aliphatic rings. The molecular weight excluding hydrogens is 402 g/mol. The third-order valence-corrected chi connectivity index (χ3v) is 6.90. The molecule has 0 saturated carbocycles. The van der Waals surface area contributed by atoms with Gasteiger partial charge in [-0.25, -0.2) is 4.98 Å². The Balaban J connectivity index is 1.42. The van der Waals surface area contributed by atoms with Gasteiger partial charge in [-0.1, -0.05) is 24.3 Å². The summed E-state index contributed by atoms with van der Waals surface area (Å²) >= 11 is 3.47. The van der Waals surface area contributed by atoms with E-state index in [1.165, 1.54) is 4.90 Å². The maximum atomic E-state index is 12.8. The van der Waals surface area contributed by atoms with Crippen molar-refractivity contribution in [3.63, 3.8) is 0 Å². The molecule has 0 unspecified atom stereocenters. The molecule has 0 N–H and O–H groups in total. The van der Waals surface area contributed by atoms with Crippen molar-refractivity contribution in [2.45, 2.75) is 18.7 Å². The number of rotatable bonds is 6. The molecule has 0 aliphatic carbocycles. The standard InChI is InChI=1S/C22H25N3O2S2/c1-3-27-18-6-5-7-19-20(18)23-22(29-19)25-14-12-24(13-15-25)21(26)16-8-10-17(11-9-16)28-4-2/h5-11H,3-4,12-15H2,1-2H3. The largest absolute Gasteiger partial charge is 0.492 e. The highest BCUT2D eigenvalue weighted by Crippen LogP contribution is 2.34. The lowest BCUT2D eigenvalue weighted by molar-refractivity contribution is 0.0746. The van der Waals surface area contributed by atoms with Gasteiger partial charge in [0.2, 0.25) is 0 Å². The van der Waals surface area contributed by atoms with Gasteiger partial charge in [-0.3, -0.25) is 4.79 Å². The van der Waals surface area contributed by atoms with Crippen molar-refractivity contribution in [3.8, 4) is 5.75 Å². The summed E-state index contributed by atoms with van der Waals surface area (Å²) in [5, 5.41) is 1.00. The monoisotopic (exact) mass is 427 g/mol. The smallest absolute Gasteiger partial charge is 0.253 e. The van der Waals surface area contributed by atoms with Crippen LogP contribution in [0.5, 0.6) is 5.75 Å². The maximum Gasteiger partial charge on any atom is 0.253 e. The number of carbonyl (C=O) groups is 1. The summed E-state index contributed by atoms with van der Waals surface area (Å²) in [6.07, 6.45) is 0. The number of benzene rings is 2. The number of aromatic nitrogens is 1. The molecule has 152 valence electrons. The van der Waals surface area contributed by atoms with Crippen LogP contribution in [-0.2, 0) is 0 Å². The minimum Gasteiger partial charge on any atom is -0.492 e. The van der Waals surface area contributed by atoms with Crippen LogP contribution in [0.2, 0.25) is 0 Å². The molecule has 1 aromatic heterocycles. The molecule has 0 bridgehead atoms. The number of thiazole rings is 1. The summed E-state index contributed by atoms with van der Waals surface area (Å²) in [5.74, 6) is 1.99. The number of anilines is 1. The number of hydrogen-bond acceptors (Lipinski definition) is 6. The summed E-state index contributed by atoms with van der Waals surface area (Å²) < 4.78 is 6.85. The molecule has 7 heteroatoms. The fourth-order valence-corrected chi connectivity index (χ4v) is 5.16. The third-order valence-electron chi connectivity index (χ3n) is 4.92. The molecule has 0 radical (unpaired) electrons. The van der Waals surface area contributed by atoms with Crippen LogP contribution in [0, 0.1) is 0 Å². The first kappa shape index (κ1) is 20.0. The molecule has 2 heterocycles. The Hall–Kier alpha value is -2.25. The van der Waals surface area contributed by atoms with E-state index in [1.54, 1.807) is 23.1 Å². The van der Waals surface area contributed by atoms with Gasteiger partial charge in [0, 0.05) is 36.6 Å². The highest BCUT2D eigenvalue weighted by molar-refractivity contribution is 7.99. The molecular formula is C22H25N3O2S2. The van der Waals surface area contributed by atoms with Crippen molar-refractivity contribution in [2.75, 3.05) is 43.4 Å². The summed E-state index contributed by atoms with van der Waals surface area (Å²) in [6.45, 7) is 7.74. The Kier molecular flexibility index (Phi) is 6.25. The Labute approximate surface area is 179 Å². The van der Waals surface area contributed by atoms with E-state index in [0.717, 1.165) is 45.5 Å². The molecule has 1 amide bonds. The fraction of sp³-hybridized carbons (Fsp3) is 0.364. The average molecular weight is 428 g/mol. The number of hydrogen-bond donors (Lipinski definition) is 0. The van der Waals surface area contributed by atoms with Crippen molar-refractivity contribution in [3.05, 3.63) is 48.0 Å². The van der Waals surface area contributed by atoms with Gasteiger partial charge in [-0.15, -0.1) is 11.8 Å². The van der Waals surface area contributed by atoms with Crippen molar-refractivity contribution < 1.29 is 9.53 Å². The molecule has 0 spiro atoms. The number of para-hydroxylation sites is 1. The predicted molar refractivity (Wildman–Crippen MR) is 122 cm³/mol. The van der Waals surface area contributed by atoms with Gasteiger partial charge in [-0.2, -0.15) is 0 Å². The second-order valence-electron chi connectivity index (χ2n) is 6.77. The van der Waals surface area contributed by atoms with E-state index < -0.39 is 0 Å². The SMILES string of the molecule is CCOc1cccc2sc(N3CCN(C(=O)c4ccc(SCC)cc4)CC3)nc12. The minimum atomic E-state index is 0.112. The van der Waals surface area contributed by atoms with Crippen molar-refractivity contribution in [2.24, 2.45) is 0 Å². The van der Waals surface area contributed by atoms with Gasteiger partial charge in [-0.05, 0) is 49.1 Å². The number of ether oxygens (including phenoxy) is 1. The van der Waals surface area contributed by atoms with Gasteiger partial charge in [0.25, 0.3) is 5.91 Å². The summed E-state index contributed by atoms with van der Waals surface area (Å²) in [6, 6.07) is 14.0. The molecule has 0 atom stereocenters. The highest BCUT2D eigenvalue weighted by Gasteiger charge is 2.24. The normalized spacial score (nSPS) is 14.4. The first-order valence-electron chi connectivity index (χ1n) is 9.99. The zero-order chi connectivity index (χ0) is 20.2. The van der Waals surface area contributed by atoms with Crippen LogP contribution in [0.1, 0.15) is 24.2 Å². The number of nitrogens with zero attached hydrogens (tertiary/aromatic N) is 3. The second-order valence-corrected chi connectivity index (χ2v) is 9.12. The van der Waals surface area contributed by atoms with E-state index in [9.17, 15) is 4.79 Å². The Bertz CT molecular complexity index is 979. The zero-order valence-corrected chi connectivity index (χ0v) is 18.4. The first-order chi connectivity index (χ1) is 14.2. The van der Waals surface area contributed by atoms with Gasteiger partial charge in [0.15, 0.2) is 5.13 Å². The van der Waals surface area contributed by atoms with E-state index >= 15 is 0 Å². The molecule has 1 fully saturated rings. The predicted octanol–water partition coefficient (Wildman–Crippen LogP) is 4.77. The summed E-state index contributed by atoms with van der Waals surface area (Å²) in [7, 11) is 0. The van der Waals surface area contributed by atoms with Crippen molar-refractivity contribution >= 4 is 44.4 Å². The van der Waals surface area contributed by atoms with E-state index in [-0.39, 0.29) is 5.91 Å². The second kappa shape index (κ2) is 9.05. The molecule has 1 saturated heterocycles. The van der Waals surface area contributed by atoms with Crippen LogP contribution >= 0.6 is 23.1 Å². The lowest BCUT2D eigenvalue weighted by Gasteiger charge is -2.34. The van der Waals surface area contributed by atoms with Crippen LogP contribution in [-0.4, -0.2) is 54.3 Å². The van der Waals surface area contributed by atoms with Crippen molar-refractivity contribution in [1.29, 1.82) is 0 Å². The molecule has 5 nitrogen and oxygen atoms in total. The van der Waals surface area contributed by atoms with Crippen LogP contribution in [0.15, 0.2) is 47.4 Å². The Morgan fingerprint density at radius 2 is 1.86 bits per heavy atom. The average Bonchev–Trinajstić information content (AvgIpc) is 3.20.